The number of ether oxygens (including phenoxy) is 1. The summed E-state index contributed by atoms with van der Waals surface area (Å²) in [5, 5.41) is 16.1. The zero-order valence-electron chi connectivity index (χ0n) is 12.8. The van der Waals surface area contributed by atoms with Crippen molar-refractivity contribution in [3.05, 3.63) is 42.7 Å². The highest BCUT2D eigenvalue weighted by molar-refractivity contribution is 5.83. The molecule has 0 unspecified atom stereocenters. The van der Waals surface area contributed by atoms with Gasteiger partial charge in [0.1, 0.15) is 17.3 Å². The van der Waals surface area contributed by atoms with Crippen molar-refractivity contribution in [3.8, 4) is 29.0 Å². The number of nitrogen functional groups attached to an aromatic ring is 1. The number of rotatable bonds is 4. The van der Waals surface area contributed by atoms with Crippen molar-refractivity contribution in [1.29, 1.82) is 5.26 Å². The van der Waals surface area contributed by atoms with Gasteiger partial charge in [-0.25, -0.2) is 9.61 Å². The molecule has 0 saturated carbocycles. The quantitative estimate of drug-likeness (QED) is 0.600. The summed E-state index contributed by atoms with van der Waals surface area (Å²) in [6.07, 6.45) is 3.34. The van der Waals surface area contributed by atoms with Crippen molar-refractivity contribution in [2.45, 2.75) is 0 Å². The number of benzene rings is 1. The standard InChI is InChI=1S/C16H11N7O2/c17-6-8-24-11-3-1-10(2-4-11)23-13-5-7-19-9-12(13)20-16(23)14-15(18)22-25-21-14/h1-5,7,9H,8H2,(H2,18,22). The molecule has 0 amide bonds. The topological polar surface area (TPSA) is 129 Å². The van der Waals surface area contributed by atoms with E-state index >= 15 is 0 Å². The second-order valence-corrected chi connectivity index (χ2v) is 5.07. The van der Waals surface area contributed by atoms with E-state index in [1.54, 1.807) is 24.5 Å². The number of nitrogens with zero attached hydrogens (tertiary/aromatic N) is 6. The molecule has 0 saturated heterocycles. The van der Waals surface area contributed by atoms with Crippen LogP contribution in [-0.2, 0) is 0 Å². The number of pyridine rings is 1. The van der Waals surface area contributed by atoms with Crippen LogP contribution >= 0.6 is 0 Å². The summed E-state index contributed by atoms with van der Waals surface area (Å²) in [6, 6.07) is 11.0. The molecule has 9 heteroatoms. The molecule has 9 nitrogen and oxygen atoms in total. The van der Waals surface area contributed by atoms with Crippen molar-refractivity contribution in [2.24, 2.45) is 0 Å². The van der Waals surface area contributed by atoms with Crippen molar-refractivity contribution in [1.82, 2.24) is 24.8 Å². The van der Waals surface area contributed by atoms with E-state index in [1.807, 2.05) is 28.8 Å². The van der Waals surface area contributed by atoms with E-state index < -0.39 is 0 Å². The Kier molecular flexibility index (Phi) is 3.48. The summed E-state index contributed by atoms with van der Waals surface area (Å²) in [7, 11) is 0. The Morgan fingerprint density at radius 1 is 1.20 bits per heavy atom. The Labute approximate surface area is 141 Å². The normalized spacial score (nSPS) is 10.7. The maximum absolute atomic E-state index is 8.59. The Balaban J connectivity index is 1.88. The summed E-state index contributed by atoms with van der Waals surface area (Å²) >= 11 is 0. The third-order valence-corrected chi connectivity index (χ3v) is 3.58. The molecule has 3 aromatic heterocycles. The summed E-state index contributed by atoms with van der Waals surface area (Å²) in [5.41, 5.74) is 8.51. The van der Waals surface area contributed by atoms with E-state index in [4.69, 9.17) is 20.4 Å². The van der Waals surface area contributed by atoms with Gasteiger partial charge in [0.2, 0.25) is 0 Å². The molecule has 0 fully saturated rings. The maximum Gasteiger partial charge on any atom is 0.199 e. The number of aromatic nitrogens is 5. The maximum atomic E-state index is 8.59. The number of nitriles is 1. The van der Waals surface area contributed by atoms with Gasteiger partial charge in [0.05, 0.1) is 11.7 Å². The van der Waals surface area contributed by atoms with Crippen LogP contribution in [0.4, 0.5) is 5.82 Å². The highest BCUT2D eigenvalue weighted by Crippen LogP contribution is 2.30. The summed E-state index contributed by atoms with van der Waals surface area (Å²) in [6.45, 7) is -0.00852. The van der Waals surface area contributed by atoms with Crippen LogP contribution in [0.25, 0.3) is 28.2 Å². The van der Waals surface area contributed by atoms with Crippen LogP contribution in [0, 0.1) is 11.3 Å². The first kappa shape index (κ1) is 14.6. The van der Waals surface area contributed by atoms with Crippen LogP contribution in [0.5, 0.6) is 5.75 Å². The van der Waals surface area contributed by atoms with Gasteiger partial charge >= 0.3 is 0 Å². The summed E-state index contributed by atoms with van der Waals surface area (Å²) in [4.78, 5) is 8.64. The molecular formula is C16H11N7O2. The van der Waals surface area contributed by atoms with Gasteiger partial charge in [0, 0.05) is 11.9 Å². The number of imidazole rings is 1. The molecule has 0 aliphatic carbocycles. The van der Waals surface area contributed by atoms with Crippen LogP contribution in [0.3, 0.4) is 0 Å². The minimum Gasteiger partial charge on any atom is -0.479 e. The number of nitrogens with two attached hydrogens (primary N) is 1. The highest BCUT2D eigenvalue weighted by atomic mass is 16.6. The first-order valence-corrected chi connectivity index (χ1v) is 7.29. The molecule has 3 heterocycles. The van der Waals surface area contributed by atoms with Gasteiger partial charge < -0.3 is 10.5 Å². The van der Waals surface area contributed by atoms with Crippen molar-refractivity contribution in [3.63, 3.8) is 0 Å². The van der Waals surface area contributed by atoms with Crippen LogP contribution in [0.2, 0.25) is 0 Å². The third-order valence-electron chi connectivity index (χ3n) is 3.58. The van der Waals surface area contributed by atoms with Crippen LogP contribution in [-0.4, -0.2) is 31.5 Å². The molecule has 4 rings (SSSR count). The monoisotopic (exact) mass is 333 g/mol. The number of hydrogen-bond acceptors (Lipinski definition) is 8. The van der Waals surface area contributed by atoms with E-state index in [0.717, 1.165) is 11.2 Å². The minimum absolute atomic E-state index is 0.00852. The first-order valence-electron chi connectivity index (χ1n) is 7.29. The predicted molar refractivity (Wildman–Crippen MR) is 87.7 cm³/mol. The van der Waals surface area contributed by atoms with E-state index in [1.165, 1.54) is 0 Å². The largest absolute Gasteiger partial charge is 0.479 e. The van der Waals surface area contributed by atoms with Gasteiger partial charge in [0.25, 0.3) is 0 Å². The molecular weight excluding hydrogens is 322 g/mol. The Hall–Kier alpha value is -3.93. The lowest BCUT2D eigenvalue weighted by Gasteiger charge is -2.09. The lowest BCUT2D eigenvalue weighted by atomic mass is 10.2. The third kappa shape index (κ3) is 2.51. The van der Waals surface area contributed by atoms with E-state index in [2.05, 4.69) is 20.3 Å². The molecule has 0 aliphatic heterocycles. The predicted octanol–water partition coefficient (Wildman–Crippen LogP) is 1.96. The molecule has 0 bridgehead atoms. The van der Waals surface area contributed by atoms with Crippen LogP contribution < -0.4 is 10.5 Å². The van der Waals surface area contributed by atoms with E-state index in [0.29, 0.717) is 22.8 Å². The van der Waals surface area contributed by atoms with Gasteiger partial charge in [0.15, 0.2) is 23.9 Å². The average molecular weight is 333 g/mol. The Morgan fingerprint density at radius 2 is 2.04 bits per heavy atom. The molecule has 25 heavy (non-hydrogen) atoms. The number of hydrogen-bond donors (Lipinski definition) is 1. The summed E-state index contributed by atoms with van der Waals surface area (Å²) < 4.78 is 11.9. The zero-order chi connectivity index (χ0) is 17.2. The zero-order valence-corrected chi connectivity index (χ0v) is 12.8. The minimum atomic E-state index is -0.00852. The molecule has 0 radical (unpaired) electrons. The molecule has 0 aliphatic rings. The average Bonchev–Trinajstić information content (AvgIpc) is 3.23. The fourth-order valence-electron chi connectivity index (χ4n) is 2.51. The molecule has 0 spiro atoms. The fourth-order valence-corrected chi connectivity index (χ4v) is 2.51. The first-order chi connectivity index (χ1) is 12.3. The molecule has 4 aromatic rings. The number of fused-ring (bicyclic) bond motifs is 1. The Morgan fingerprint density at radius 3 is 2.76 bits per heavy atom. The second-order valence-electron chi connectivity index (χ2n) is 5.07. The summed E-state index contributed by atoms with van der Waals surface area (Å²) in [5.74, 6) is 1.24. The van der Waals surface area contributed by atoms with E-state index in [9.17, 15) is 0 Å². The van der Waals surface area contributed by atoms with Crippen molar-refractivity contribution in [2.75, 3.05) is 12.3 Å². The molecule has 122 valence electrons. The molecule has 1 aromatic carbocycles. The highest BCUT2D eigenvalue weighted by Gasteiger charge is 2.20. The molecule has 0 atom stereocenters. The SMILES string of the molecule is N#CCOc1ccc(-n2c(-c3nonc3N)nc3cnccc32)cc1. The van der Waals surface area contributed by atoms with Gasteiger partial charge in [-0.1, -0.05) is 0 Å². The van der Waals surface area contributed by atoms with Gasteiger partial charge in [-0.2, -0.15) is 5.26 Å². The van der Waals surface area contributed by atoms with Crippen molar-refractivity contribution >= 4 is 16.9 Å². The Bertz CT molecular complexity index is 1080. The molecule has 2 N–H and O–H groups in total. The van der Waals surface area contributed by atoms with Crippen LogP contribution in [0.1, 0.15) is 0 Å². The smallest absolute Gasteiger partial charge is 0.199 e. The fraction of sp³-hybridized carbons (Fsp3) is 0.0625. The second kappa shape index (κ2) is 5.93. The van der Waals surface area contributed by atoms with Crippen molar-refractivity contribution < 1.29 is 9.37 Å². The van der Waals surface area contributed by atoms with Crippen LogP contribution in [0.15, 0.2) is 47.4 Å². The van der Waals surface area contributed by atoms with Gasteiger partial charge in [-0.15, -0.1) is 0 Å². The van der Waals surface area contributed by atoms with Gasteiger partial charge in [-0.3, -0.25) is 9.55 Å². The number of anilines is 1. The lowest BCUT2D eigenvalue weighted by molar-refractivity contribution is 0.310. The van der Waals surface area contributed by atoms with Gasteiger partial charge in [-0.05, 0) is 40.6 Å². The lowest BCUT2D eigenvalue weighted by Crippen LogP contribution is -2.00. The van der Waals surface area contributed by atoms with E-state index in [-0.39, 0.29) is 12.4 Å².